The number of rotatable bonds is 5. The largest absolute Gasteiger partial charge is 0.496 e. The van der Waals surface area contributed by atoms with Gasteiger partial charge in [0.05, 0.1) is 7.11 Å². The van der Waals surface area contributed by atoms with Gasteiger partial charge in [0.25, 0.3) is 0 Å². The molecular formula is C17H22N2O. The van der Waals surface area contributed by atoms with Gasteiger partial charge in [0.15, 0.2) is 0 Å². The van der Waals surface area contributed by atoms with Crippen molar-refractivity contribution in [2.75, 3.05) is 7.11 Å². The van der Waals surface area contributed by atoms with E-state index in [4.69, 9.17) is 4.74 Å². The van der Waals surface area contributed by atoms with Crippen LogP contribution < -0.4 is 10.1 Å². The standard InChI is InChI=1S/C17H22N2O/c1-12(2)18-11-16-9-14(7-8-17(16)20-4)15-6-5-13(3)19-10-15/h5-10,12,18H,11H2,1-4H3. The fraction of sp³-hybridized carbons (Fsp3) is 0.353. The molecule has 0 fully saturated rings. The van der Waals surface area contributed by atoms with Gasteiger partial charge in [0, 0.05) is 35.6 Å². The smallest absolute Gasteiger partial charge is 0.123 e. The highest BCUT2D eigenvalue weighted by atomic mass is 16.5. The molecule has 1 N–H and O–H groups in total. The SMILES string of the molecule is COc1ccc(-c2ccc(C)nc2)cc1CNC(C)C. The first kappa shape index (κ1) is 14.5. The number of benzene rings is 1. The first-order valence-corrected chi connectivity index (χ1v) is 6.93. The molecule has 0 bridgehead atoms. The maximum absolute atomic E-state index is 5.43. The van der Waals surface area contributed by atoms with Crippen LogP contribution in [0.2, 0.25) is 0 Å². The van der Waals surface area contributed by atoms with Gasteiger partial charge in [-0.05, 0) is 30.7 Å². The van der Waals surface area contributed by atoms with Crippen LogP contribution in [-0.4, -0.2) is 18.1 Å². The van der Waals surface area contributed by atoms with Gasteiger partial charge in [0.1, 0.15) is 5.75 Å². The Labute approximate surface area is 121 Å². The van der Waals surface area contributed by atoms with Gasteiger partial charge >= 0.3 is 0 Å². The summed E-state index contributed by atoms with van der Waals surface area (Å²) in [7, 11) is 1.71. The van der Waals surface area contributed by atoms with E-state index in [1.807, 2.05) is 25.3 Å². The fourth-order valence-corrected chi connectivity index (χ4v) is 2.05. The maximum Gasteiger partial charge on any atom is 0.123 e. The highest BCUT2D eigenvalue weighted by molar-refractivity contribution is 5.65. The van der Waals surface area contributed by atoms with E-state index in [1.165, 1.54) is 11.1 Å². The number of methoxy groups -OCH3 is 1. The Morgan fingerprint density at radius 2 is 1.90 bits per heavy atom. The van der Waals surface area contributed by atoms with Gasteiger partial charge in [0.2, 0.25) is 0 Å². The van der Waals surface area contributed by atoms with Gasteiger partial charge in [-0.2, -0.15) is 0 Å². The van der Waals surface area contributed by atoms with Crippen molar-refractivity contribution in [2.24, 2.45) is 0 Å². The average Bonchev–Trinajstić information content (AvgIpc) is 2.45. The Bertz CT molecular complexity index is 562. The summed E-state index contributed by atoms with van der Waals surface area (Å²) in [6, 6.07) is 10.8. The zero-order chi connectivity index (χ0) is 14.5. The summed E-state index contributed by atoms with van der Waals surface area (Å²) in [6.07, 6.45) is 1.91. The van der Waals surface area contributed by atoms with Crippen LogP contribution in [0.3, 0.4) is 0 Å². The minimum atomic E-state index is 0.449. The van der Waals surface area contributed by atoms with E-state index in [-0.39, 0.29) is 0 Å². The molecule has 106 valence electrons. The predicted molar refractivity (Wildman–Crippen MR) is 82.9 cm³/mol. The van der Waals surface area contributed by atoms with Crippen LogP contribution in [-0.2, 0) is 6.54 Å². The summed E-state index contributed by atoms with van der Waals surface area (Å²) in [6.45, 7) is 7.07. The molecule has 0 aliphatic heterocycles. The summed E-state index contributed by atoms with van der Waals surface area (Å²) >= 11 is 0. The molecule has 0 radical (unpaired) electrons. The lowest BCUT2D eigenvalue weighted by Gasteiger charge is -2.13. The zero-order valence-corrected chi connectivity index (χ0v) is 12.6. The number of nitrogens with one attached hydrogen (secondary N) is 1. The molecule has 2 aromatic rings. The molecule has 1 aromatic heterocycles. The van der Waals surface area contributed by atoms with Crippen LogP contribution in [0.25, 0.3) is 11.1 Å². The Hall–Kier alpha value is -1.87. The molecule has 0 aliphatic carbocycles. The highest BCUT2D eigenvalue weighted by Gasteiger charge is 2.07. The second kappa shape index (κ2) is 6.53. The van der Waals surface area contributed by atoms with Gasteiger partial charge in [-0.15, -0.1) is 0 Å². The molecule has 1 heterocycles. The average molecular weight is 270 g/mol. The molecule has 2 rings (SSSR count). The molecule has 3 heteroatoms. The molecule has 3 nitrogen and oxygen atoms in total. The van der Waals surface area contributed by atoms with Crippen molar-refractivity contribution < 1.29 is 4.74 Å². The third kappa shape index (κ3) is 3.58. The molecule has 0 saturated heterocycles. The van der Waals surface area contributed by atoms with Gasteiger partial charge in [-0.25, -0.2) is 0 Å². The van der Waals surface area contributed by atoms with Gasteiger partial charge in [-0.1, -0.05) is 26.0 Å². The second-order valence-electron chi connectivity index (χ2n) is 5.25. The van der Waals surface area contributed by atoms with Crippen LogP contribution in [0.5, 0.6) is 5.75 Å². The molecule has 1 aromatic carbocycles. The van der Waals surface area contributed by atoms with Crippen molar-refractivity contribution in [2.45, 2.75) is 33.4 Å². The number of pyridine rings is 1. The van der Waals surface area contributed by atoms with Crippen LogP contribution in [0.4, 0.5) is 0 Å². The lowest BCUT2D eigenvalue weighted by Crippen LogP contribution is -2.22. The Morgan fingerprint density at radius 3 is 2.50 bits per heavy atom. The van der Waals surface area contributed by atoms with E-state index in [1.54, 1.807) is 7.11 Å². The molecule has 0 saturated carbocycles. The number of hydrogen-bond acceptors (Lipinski definition) is 3. The Morgan fingerprint density at radius 1 is 1.15 bits per heavy atom. The minimum absolute atomic E-state index is 0.449. The molecular weight excluding hydrogens is 248 g/mol. The molecule has 0 unspecified atom stereocenters. The topological polar surface area (TPSA) is 34.1 Å². The monoisotopic (exact) mass is 270 g/mol. The molecule has 20 heavy (non-hydrogen) atoms. The zero-order valence-electron chi connectivity index (χ0n) is 12.6. The predicted octanol–water partition coefficient (Wildman–Crippen LogP) is 3.56. The Balaban J connectivity index is 2.31. The van der Waals surface area contributed by atoms with Crippen LogP contribution >= 0.6 is 0 Å². The third-order valence-electron chi connectivity index (χ3n) is 3.23. The van der Waals surface area contributed by atoms with Crippen LogP contribution in [0.1, 0.15) is 25.1 Å². The third-order valence-corrected chi connectivity index (χ3v) is 3.23. The molecule has 0 aliphatic rings. The van der Waals surface area contributed by atoms with E-state index in [2.05, 4.69) is 42.3 Å². The van der Waals surface area contributed by atoms with Crippen molar-refractivity contribution >= 4 is 0 Å². The Kier molecular flexibility index (Phi) is 4.74. The number of hydrogen-bond donors (Lipinski definition) is 1. The van der Waals surface area contributed by atoms with E-state index >= 15 is 0 Å². The van der Waals surface area contributed by atoms with E-state index in [0.29, 0.717) is 6.04 Å². The van der Waals surface area contributed by atoms with E-state index in [9.17, 15) is 0 Å². The van der Waals surface area contributed by atoms with Crippen molar-refractivity contribution in [3.63, 3.8) is 0 Å². The highest BCUT2D eigenvalue weighted by Crippen LogP contribution is 2.26. The van der Waals surface area contributed by atoms with E-state index in [0.717, 1.165) is 23.6 Å². The molecule has 0 amide bonds. The molecule has 0 atom stereocenters. The van der Waals surface area contributed by atoms with Crippen molar-refractivity contribution in [3.05, 3.63) is 47.8 Å². The summed E-state index contributed by atoms with van der Waals surface area (Å²) in [5.74, 6) is 0.918. The maximum atomic E-state index is 5.43. The number of aromatic nitrogens is 1. The number of nitrogens with zero attached hydrogens (tertiary/aromatic N) is 1. The van der Waals surface area contributed by atoms with E-state index < -0.39 is 0 Å². The summed E-state index contributed by atoms with van der Waals surface area (Å²) in [5.41, 5.74) is 4.49. The minimum Gasteiger partial charge on any atom is -0.496 e. The van der Waals surface area contributed by atoms with Gasteiger partial charge < -0.3 is 10.1 Å². The first-order chi connectivity index (χ1) is 9.60. The van der Waals surface area contributed by atoms with Crippen molar-refractivity contribution in [3.8, 4) is 16.9 Å². The number of aryl methyl sites for hydroxylation is 1. The summed E-state index contributed by atoms with van der Waals surface area (Å²) < 4.78 is 5.43. The lowest BCUT2D eigenvalue weighted by molar-refractivity contribution is 0.406. The van der Waals surface area contributed by atoms with Crippen LogP contribution in [0, 0.1) is 6.92 Å². The lowest BCUT2D eigenvalue weighted by atomic mass is 10.0. The quantitative estimate of drug-likeness (QED) is 0.902. The fourth-order valence-electron chi connectivity index (χ4n) is 2.05. The first-order valence-electron chi connectivity index (χ1n) is 6.93. The second-order valence-corrected chi connectivity index (χ2v) is 5.25. The normalized spacial score (nSPS) is 10.8. The van der Waals surface area contributed by atoms with Crippen molar-refractivity contribution in [1.29, 1.82) is 0 Å². The summed E-state index contributed by atoms with van der Waals surface area (Å²) in [4.78, 5) is 4.36. The van der Waals surface area contributed by atoms with Crippen molar-refractivity contribution in [1.82, 2.24) is 10.3 Å². The molecule has 0 spiro atoms. The van der Waals surface area contributed by atoms with Crippen LogP contribution in [0.15, 0.2) is 36.5 Å². The summed E-state index contributed by atoms with van der Waals surface area (Å²) in [5, 5.41) is 3.43. The van der Waals surface area contributed by atoms with Gasteiger partial charge in [-0.3, -0.25) is 4.98 Å². The number of ether oxygens (including phenoxy) is 1.